The third-order valence-corrected chi connectivity index (χ3v) is 2.79. The van der Waals surface area contributed by atoms with E-state index in [1.165, 1.54) is 0 Å². The minimum atomic E-state index is -2.28. The monoisotopic (exact) mass is 256 g/mol. The van der Waals surface area contributed by atoms with E-state index in [0.717, 1.165) is 18.5 Å². The van der Waals surface area contributed by atoms with Gasteiger partial charge in [0.25, 0.3) is 6.43 Å². The Kier molecular flexibility index (Phi) is 6.83. The molecule has 1 aromatic rings. The van der Waals surface area contributed by atoms with Gasteiger partial charge < -0.3 is 5.32 Å². The lowest BCUT2D eigenvalue weighted by Gasteiger charge is -2.25. The maximum Gasteiger partial charge on any atom is 0.251 e. The molecule has 1 N–H and O–H groups in total. The Morgan fingerprint density at radius 2 is 1.83 bits per heavy atom. The lowest BCUT2D eigenvalue weighted by atomic mass is 10.1. The van der Waals surface area contributed by atoms with E-state index in [0.29, 0.717) is 6.54 Å². The molecule has 0 aliphatic heterocycles. The van der Waals surface area contributed by atoms with Crippen molar-refractivity contribution in [1.29, 1.82) is 0 Å². The molecule has 0 fully saturated rings. The van der Waals surface area contributed by atoms with E-state index in [1.54, 1.807) is 11.9 Å². The number of hydrogen-bond donors (Lipinski definition) is 1. The van der Waals surface area contributed by atoms with Crippen LogP contribution in [-0.4, -0.2) is 38.0 Å². The van der Waals surface area contributed by atoms with Gasteiger partial charge in [-0.05, 0) is 25.6 Å². The van der Waals surface area contributed by atoms with Crippen molar-refractivity contribution in [1.82, 2.24) is 10.2 Å². The van der Waals surface area contributed by atoms with Gasteiger partial charge in [-0.2, -0.15) is 0 Å². The summed E-state index contributed by atoms with van der Waals surface area (Å²) < 4.78 is 24.7. The van der Waals surface area contributed by atoms with Crippen LogP contribution in [0.1, 0.15) is 24.9 Å². The Morgan fingerprint density at radius 3 is 2.39 bits per heavy atom. The first kappa shape index (κ1) is 15.1. The zero-order valence-electron chi connectivity index (χ0n) is 11.1. The topological polar surface area (TPSA) is 15.3 Å². The highest BCUT2D eigenvalue weighted by atomic mass is 19.3. The molecular weight excluding hydrogens is 234 g/mol. The van der Waals surface area contributed by atoms with Crippen LogP contribution in [-0.2, 0) is 0 Å². The van der Waals surface area contributed by atoms with Gasteiger partial charge >= 0.3 is 0 Å². The normalized spacial score (nSPS) is 13.2. The molecule has 1 rings (SSSR count). The zero-order chi connectivity index (χ0) is 13.4. The van der Waals surface area contributed by atoms with Crippen molar-refractivity contribution in [3.63, 3.8) is 0 Å². The number of likely N-dealkylation sites (N-methyl/N-ethyl adjacent to an activating group) is 1. The number of hydrogen-bond acceptors (Lipinski definition) is 2. The summed E-state index contributed by atoms with van der Waals surface area (Å²) in [6, 6.07) is 10.1. The maximum atomic E-state index is 12.3. The van der Waals surface area contributed by atoms with Crippen LogP contribution in [0.25, 0.3) is 0 Å². The molecule has 1 unspecified atom stereocenters. The van der Waals surface area contributed by atoms with Gasteiger partial charge in [0.2, 0.25) is 0 Å². The maximum absolute atomic E-state index is 12.3. The summed E-state index contributed by atoms with van der Waals surface area (Å²) >= 11 is 0. The van der Waals surface area contributed by atoms with E-state index in [4.69, 9.17) is 0 Å². The molecule has 4 heteroatoms. The number of nitrogens with one attached hydrogen (secondary N) is 1. The van der Waals surface area contributed by atoms with Crippen molar-refractivity contribution in [2.24, 2.45) is 0 Å². The number of alkyl halides is 2. The Balaban J connectivity index is 2.61. The predicted molar refractivity (Wildman–Crippen MR) is 71.0 cm³/mol. The zero-order valence-corrected chi connectivity index (χ0v) is 11.1. The van der Waals surface area contributed by atoms with Gasteiger partial charge in [-0.1, -0.05) is 37.3 Å². The summed E-state index contributed by atoms with van der Waals surface area (Å²) in [7, 11) is 1.73. The number of nitrogens with zero attached hydrogens (tertiary/aromatic N) is 1. The molecule has 0 aliphatic carbocycles. The molecule has 0 aromatic heterocycles. The quantitative estimate of drug-likeness (QED) is 0.769. The SMILES string of the molecule is CCCNC(CN(C)CC(F)F)c1ccccc1. The fraction of sp³-hybridized carbons (Fsp3) is 0.571. The van der Waals surface area contributed by atoms with E-state index in [-0.39, 0.29) is 12.6 Å². The largest absolute Gasteiger partial charge is 0.309 e. The molecule has 0 saturated carbocycles. The van der Waals surface area contributed by atoms with Gasteiger partial charge in [-0.25, -0.2) is 8.78 Å². The summed E-state index contributed by atoms with van der Waals surface area (Å²) in [4.78, 5) is 1.67. The highest BCUT2D eigenvalue weighted by Crippen LogP contribution is 2.14. The van der Waals surface area contributed by atoms with Crippen LogP contribution in [0, 0.1) is 0 Å². The van der Waals surface area contributed by atoms with Gasteiger partial charge in [0.1, 0.15) is 0 Å². The summed E-state index contributed by atoms with van der Waals surface area (Å²) in [6.07, 6.45) is -1.25. The summed E-state index contributed by atoms with van der Waals surface area (Å²) in [5.74, 6) is 0. The van der Waals surface area contributed by atoms with E-state index in [1.807, 2.05) is 30.3 Å². The van der Waals surface area contributed by atoms with Gasteiger partial charge in [0.05, 0.1) is 6.54 Å². The molecule has 0 heterocycles. The standard InChI is InChI=1S/C14H22F2N2/c1-3-9-17-13(10-18(2)11-14(15)16)12-7-5-4-6-8-12/h4-8,13-14,17H,3,9-11H2,1-2H3. The Labute approximate surface area is 108 Å². The van der Waals surface area contributed by atoms with E-state index >= 15 is 0 Å². The fourth-order valence-corrected chi connectivity index (χ4v) is 1.91. The average molecular weight is 256 g/mol. The second kappa shape index (κ2) is 8.16. The second-order valence-corrected chi connectivity index (χ2v) is 4.53. The molecule has 102 valence electrons. The van der Waals surface area contributed by atoms with Crippen LogP contribution < -0.4 is 5.32 Å². The molecule has 0 saturated heterocycles. The Morgan fingerprint density at radius 1 is 1.17 bits per heavy atom. The van der Waals surface area contributed by atoms with E-state index < -0.39 is 6.43 Å². The second-order valence-electron chi connectivity index (χ2n) is 4.53. The molecule has 0 bridgehead atoms. The molecule has 0 radical (unpaired) electrons. The first-order valence-corrected chi connectivity index (χ1v) is 6.38. The molecular formula is C14H22F2N2. The van der Waals surface area contributed by atoms with Crippen LogP contribution in [0.2, 0.25) is 0 Å². The molecule has 2 nitrogen and oxygen atoms in total. The Bertz CT molecular complexity index is 317. The minimum absolute atomic E-state index is 0.106. The minimum Gasteiger partial charge on any atom is -0.309 e. The molecule has 0 aliphatic rings. The van der Waals surface area contributed by atoms with E-state index in [2.05, 4.69) is 12.2 Å². The third kappa shape index (κ3) is 5.56. The van der Waals surface area contributed by atoms with Crippen LogP contribution in [0.5, 0.6) is 0 Å². The van der Waals surface area contributed by atoms with Crippen molar-refractivity contribution in [3.8, 4) is 0 Å². The molecule has 0 amide bonds. The highest BCUT2D eigenvalue weighted by Gasteiger charge is 2.15. The lowest BCUT2D eigenvalue weighted by Crippen LogP contribution is -2.35. The van der Waals surface area contributed by atoms with Crippen LogP contribution >= 0.6 is 0 Å². The van der Waals surface area contributed by atoms with E-state index in [9.17, 15) is 8.78 Å². The predicted octanol–water partition coefficient (Wildman–Crippen LogP) is 2.92. The van der Waals surface area contributed by atoms with Crippen molar-refractivity contribution < 1.29 is 8.78 Å². The average Bonchev–Trinajstić information content (AvgIpc) is 2.34. The molecule has 1 aromatic carbocycles. The fourth-order valence-electron chi connectivity index (χ4n) is 1.91. The molecule has 18 heavy (non-hydrogen) atoms. The number of benzene rings is 1. The van der Waals surface area contributed by atoms with Crippen molar-refractivity contribution >= 4 is 0 Å². The Hall–Kier alpha value is -1.00. The molecule has 1 atom stereocenters. The van der Waals surface area contributed by atoms with Gasteiger partial charge in [0.15, 0.2) is 0 Å². The first-order chi connectivity index (χ1) is 8.63. The van der Waals surface area contributed by atoms with Gasteiger partial charge in [-0.3, -0.25) is 4.90 Å². The van der Waals surface area contributed by atoms with Crippen LogP contribution in [0.15, 0.2) is 30.3 Å². The summed E-state index contributed by atoms with van der Waals surface area (Å²) in [6.45, 7) is 3.39. The number of rotatable bonds is 8. The van der Waals surface area contributed by atoms with Crippen molar-refractivity contribution in [3.05, 3.63) is 35.9 Å². The summed E-state index contributed by atoms with van der Waals surface area (Å²) in [5.41, 5.74) is 1.15. The van der Waals surface area contributed by atoms with Gasteiger partial charge in [0, 0.05) is 12.6 Å². The third-order valence-electron chi connectivity index (χ3n) is 2.79. The van der Waals surface area contributed by atoms with Crippen LogP contribution in [0.3, 0.4) is 0 Å². The van der Waals surface area contributed by atoms with Gasteiger partial charge in [-0.15, -0.1) is 0 Å². The van der Waals surface area contributed by atoms with Crippen molar-refractivity contribution in [2.75, 3.05) is 26.7 Å². The highest BCUT2D eigenvalue weighted by molar-refractivity contribution is 5.19. The smallest absolute Gasteiger partial charge is 0.251 e. The van der Waals surface area contributed by atoms with Crippen LogP contribution in [0.4, 0.5) is 8.78 Å². The summed E-state index contributed by atoms with van der Waals surface area (Å²) in [5, 5.41) is 3.40. The van der Waals surface area contributed by atoms with Crippen molar-refractivity contribution in [2.45, 2.75) is 25.8 Å². The number of halogens is 2. The first-order valence-electron chi connectivity index (χ1n) is 6.38. The lowest BCUT2D eigenvalue weighted by molar-refractivity contribution is 0.0958. The molecule has 0 spiro atoms.